The molecule has 1 N–H and O–H groups in total. The van der Waals surface area contributed by atoms with E-state index in [1.165, 1.54) is 16.3 Å². The average Bonchev–Trinajstić information content (AvgIpc) is 3.29. The fourth-order valence-electron chi connectivity index (χ4n) is 2.58. The topological polar surface area (TPSA) is 55.1 Å². The van der Waals surface area contributed by atoms with Crippen molar-refractivity contribution >= 4 is 39.2 Å². The first-order chi connectivity index (χ1) is 12.7. The van der Waals surface area contributed by atoms with Crippen LogP contribution in [0.3, 0.4) is 0 Å². The fraction of sp³-hybridized carbons (Fsp3) is 0.0476. The van der Waals surface area contributed by atoms with Crippen LogP contribution in [0.25, 0.3) is 26.9 Å². The number of carbonyl (C=O) groups excluding carboxylic acids is 1. The van der Waals surface area contributed by atoms with Crippen molar-refractivity contribution in [1.29, 1.82) is 0 Å². The van der Waals surface area contributed by atoms with E-state index in [0.29, 0.717) is 5.76 Å². The minimum absolute atomic E-state index is 0.204. The van der Waals surface area contributed by atoms with E-state index in [4.69, 9.17) is 4.42 Å². The predicted molar refractivity (Wildman–Crippen MR) is 106 cm³/mol. The molecule has 0 unspecified atom stereocenters. The molecule has 0 aliphatic heterocycles. The number of benzene rings is 2. The molecule has 0 bridgehead atoms. The lowest BCUT2D eigenvalue weighted by Crippen LogP contribution is -2.07. The highest BCUT2D eigenvalue weighted by Crippen LogP contribution is 2.31. The maximum Gasteiger partial charge on any atom is 0.248 e. The van der Waals surface area contributed by atoms with Crippen LogP contribution in [0.4, 0.5) is 5.69 Å². The molecule has 0 saturated heterocycles. The standard InChI is InChI=1S/C21H16N2O2S/c1-14-4-10-18-19(13-14)26-21(23-18)15-5-7-16(8-6-15)22-20(24)11-9-17-3-2-12-25-17/h2-13H,1H3,(H,22,24)/b11-9+. The number of hydrogen-bond acceptors (Lipinski definition) is 4. The minimum atomic E-state index is -0.204. The maximum absolute atomic E-state index is 12.0. The summed E-state index contributed by atoms with van der Waals surface area (Å²) in [5.41, 5.74) is 4.01. The largest absolute Gasteiger partial charge is 0.465 e. The summed E-state index contributed by atoms with van der Waals surface area (Å²) in [7, 11) is 0. The lowest BCUT2D eigenvalue weighted by atomic mass is 10.2. The third-order valence-electron chi connectivity index (χ3n) is 3.89. The molecule has 128 valence electrons. The zero-order valence-electron chi connectivity index (χ0n) is 14.1. The molecule has 2 aromatic heterocycles. The van der Waals surface area contributed by atoms with Crippen LogP contribution in [0.2, 0.25) is 0 Å². The van der Waals surface area contributed by atoms with Gasteiger partial charge in [0.25, 0.3) is 0 Å². The Hall–Kier alpha value is -3.18. The molecule has 5 heteroatoms. The number of nitrogens with one attached hydrogen (secondary N) is 1. The third kappa shape index (κ3) is 3.58. The number of nitrogens with zero attached hydrogens (tertiary/aromatic N) is 1. The Balaban J connectivity index is 1.48. The molecule has 2 aromatic carbocycles. The van der Waals surface area contributed by atoms with Gasteiger partial charge in [-0.15, -0.1) is 11.3 Å². The Labute approximate surface area is 154 Å². The van der Waals surface area contributed by atoms with E-state index in [1.807, 2.05) is 30.3 Å². The van der Waals surface area contributed by atoms with Crippen LogP contribution in [-0.2, 0) is 4.79 Å². The van der Waals surface area contributed by atoms with E-state index in [-0.39, 0.29) is 5.91 Å². The molecule has 4 aromatic rings. The molecule has 26 heavy (non-hydrogen) atoms. The van der Waals surface area contributed by atoms with Gasteiger partial charge >= 0.3 is 0 Å². The smallest absolute Gasteiger partial charge is 0.248 e. The molecule has 0 radical (unpaired) electrons. The summed E-state index contributed by atoms with van der Waals surface area (Å²) in [6.07, 6.45) is 4.65. The van der Waals surface area contributed by atoms with Crippen molar-refractivity contribution in [3.8, 4) is 10.6 Å². The summed E-state index contributed by atoms with van der Waals surface area (Å²) >= 11 is 1.67. The van der Waals surface area contributed by atoms with Gasteiger partial charge in [0.05, 0.1) is 16.5 Å². The fourth-order valence-corrected chi connectivity index (χ4v) is 3.65. The van der Waals surface area contributed by atoms with Crippen LogP contribution < -0.4 is 5.32 Å². The molecule has 4 rings (SSSR count). The molecule has 0 aliphatic carbocycles. The summed E-state index contributed by atoms with van der Waals surface area (Å²) in [4.78, 5) is 16.6. The first kappa shape index (κ1) is 16.3. The summed E-state index contributed by atoms with van der Waals surface area (Å²) in [6.45, 7) is 2.08. The van der Waals surface area contributed by atoms with Crippen molar-refractivity contribution in [2.24, 2.45) is 0 Å². The van der Waals surface area contributed by atoms with Crippen LogP contribution >= 0.6 is 11.3 Å². The van der Waals surface area contributed by atoms with Gasteiger partial charge in [0, 0.05) is 17.3 Å². The summed E-state index contributed by atoms with van der Waals surface area (Å²) in [6, 6.07) is 17.5. The number of anilines is 1. The van der Waals surface area contributed by atoms with Gasteiger partial charge < -0.3 is 9.73 Å². The van der Waals surface area contributed by atoms with Gasteiger partial charge in [-0.1, -0.05) is 6.07 Å². The second-order valence-electron chi connectivity index (χ2n) is 5.91. The van der Waals surface area contributed by atoms with Crippen molar-refractivity contribution in [3.63, 3.8) is 0 Å². The molecule has 0 atom stereocenters. The Morgan fingerprint density at radius 2 is 2.00 bits per heavy atom. The van der Waals surface area contributed by atoms with Crippen molar-refractivity contribution in [2.75, 3.05) is 5.32 Å². The SMILES string of the molecule is Cc1ccc2nc(-c3ccc(NC(=O)/C=C/c4ccco4)cc3)sc2c1. The number of aromatic nitrogens is 1. The highest BCUT2D eigenvalue weighted by molar-refractivity contribution is 7.21. The van der Waals surface area contributed by atoms with Crippen LogP contribution in [0.15, 0.2) is 71.4 Å². The Bertz CT molecular complexity index is 1080. The number of fused-ring (bicyclic) bond motifs is 1. The quantitative estimate of drug-likeness (QED) is 0.488. The number of amides is 1. The number of furan rings is 1. The summed E-state index contributed by atoms with van der Waals surface area (Å²) < 4.78 is 6.34. The molecule has 4 nitrogen and oxygen atoms in total. The molecule has 0 aliphatic rings. The predicted octanol–water partition coefficient (Wildman–Crippen LogP) is 5.52. The highest BCUT2D eigenvalue weighted by Gasteiger charge is 2.07. The Kier molecular flexibility index (Phi) is 4.37. The van der Waals surface area contributed by atoms with Gasteiger partial charge in [0.15, 0.2) is 0 Å². The number of rotatable bonds is 4. The summed E-state index contributed by atoms with van der Waals surface area (Å²) in [5.74, 6) is 0.436. The van der Waals surface area contributed by atoms with Crippen LogP contribution in [0, 0.1) is 6.92 Å². The molecule has 0 spiro atoms. The van der Waals surface area contributed by atoms with E-state index in [2.05, 4.69) is 29.4 Å². The second-order valence-corrected chi connectivity index (χ2v) is 6.94. The highest BCUT2D eigenvalue weighted by atomic mass is 32.1. The van der Waals surface area contributed by atoms with E-state index in [1.54, 1.807) is 35.8 Å². The Morgan fingerprint density at radius 1 is 1.15 bits per heavy atom. The average molecular weight is 360 g/mol. The van der Waals surface area contributed by atoms with E-state index in [9.17, 15) is 4.79 Å². The van der Waals surface area contributed by atoms with Gasteiger partial charge in [-0.2, -0.15) is 0 Å². The van der Waals surface area contributed by atoms with Crippen molar-refractivity contribution < 1.29 is 9.21 Å². The van der Waals surface area contributed by atoms with Gasteiger partial charge in [0.1, 0.15) is 10.8 Å². The molecule has 2 heterocycles. The van der Waals surface area contributed by atoms with Crippen molar-refractivity contribution in [3.05, 3.63) is 78.3 Å². The van der Waals surface area contributed by atoms with E-state index >= 15 is 0 Å². The van der Waals surface area contributed by atoms with Gasteiger partial charge in [-0.3, -0.25) is 4.79 Å². The first-order valence-electron chi connectivity index (χ1n) is 8.17. The van der Waals surface area contributed by atoms with E-state index in [0.717, 1.165) is 21.8 Å². The zero-order valence-corrected chi connectivity index (χ0v) is 14.9. The van der Waals surface area contributed by atoms with Gasteiger partial charge in [0.2, 0.25) is 5.91 Å². The number of hydrogen-bond donors (Lipinski definition) is 1. The Morgan fingerprint density at radius 3 is 2.77 bits per heavy atom. The van der Waals surface area contributed by atoms with Gasteiger partial charge in [-0.05, 0) is 67.1 Å². The van der Waals surface area contributed by atoms with Crippen LogP contribution in [0.5, 0.6) is 0 Å². The van der Waals surface area contributed by atoms with Gasteiger partial charge in [-0.25, -0.2) is 4.98 Å². The van der Waals surface area contributed by atoms with Crippen LogP contribution in [0.1, 0.15) is 11.3 Å². The lowest BCUT2D eigenvalue weighted by Gasteiger charge is -2.03. The van der Waals surface area contributed by atoms with Crippen molar-refractivity contribution in [2.45, 2.75) is 6.92 Å². The third-order valence-corrected chi connectivity index (χ3v) is 4.95. The maximum atomic E-state index is 12.0. The first-order valence-corrected chi connectivity index (χ1v) is 8.99. The number of carbonyl (C=O) groups is 1. The van der Waals surface area contributed by atoms with E-state index < -0.39 is 0 Å². The molecule has 0 fully saturated rings. The summed E-state index contributed by atoms with van der Waals surface area (Å²) in [5, 5.41) is 3.81. The molecular weight excluding hydrogens is 344 g/mol. The monoisotopic (exact) mass is 360 g/mol. The number of thiazole rings is 1. The normalized spacial score (nSPS) is 11.3. The number of aryl methyl sites for hydroxylation is 1. The lowest BCUT2D eigenvalue weighted by molar-refractivity contribution is -0.111. The molecule has 0 saturated carbocycles. The van der Waals surface area contributed by atoms with Crippen LogP contribution in [-0.4, -0.2) is 10.9 Å². The molecular formula is C21H16N2O2S. The minimum Gasteiger partial charge on any atom is -0.465 e. The second kappa shape index (κ2) is 6.98. The molecule has 1 amide bonds. The van der Waals surface area contributed by atoms with Crippen molar-refractivity contribution in [1.82, 2.24) is 4.98 Å². The zero-order chi connectivity index (χ0) is 17.9.